The summed E-state index contributed by atoms with van der Waals surface area (Å²) in [5.74, 6) is -0.541. The monoisotopic (exact) mass is 220 g/mol. The number of ketones is 1. The molecule has 2 fully saturated rings. The highest BCUT2D eigenvalue weighted by Crippen LogP contribution is 2.49. The van der Waals surface area contributed by atoms with E-state index in [9.17, 15) is 4.79 Å². The first-order valence-corrected chi connectivity index (χ1v) is 5.81. The number of Topliss-reactive ketones (excluding diaryl/α,β-unsaturated/α-hetero) is 1. The second-order valence-corrected chi connectivity index (χ2v) is 4.89. The molecule has 2 atom stereocenters. The van der Waals surface area contributed by atoms with E-state index in [-0.39, 0.29) is 11.9 Å². The van der Waals surface area contributed by atoms with E-state index in [1.807, 2.05) is 20.8 Å². The molecule has 0 amide bonds. The summed E-state index contributed by atoms with van der Waals surface area (Å²) in [4.78, 5) is 12.0. The topological polar surface area (TPSA) is 35.5 Å². The Hall–Kier alpha value is -0.930. The minimum absolute atomic E-state index is 0.149. The Morgan fingerprint density at radius 2 is 2.00 bits per heavy atom. The fraction of sp³-hybridized carbons (Fsp3) is 0.615. The first kappa shape index (κ1) is 10.2. The molecule has 2 bridgehead atoms. The van der Waals surface area contributed by atoms with Gasteiger partial charge in [-0.1, -0.05) is 0 Å². The Balaban J connectivity index is 2.21. The van der Waals surface area contributed by atoms with Crippen molar-refractivity contribution in [1.82, 2.24) is 0 Å². The summed E-state index contributed by atoms with van der Waals surface area (Å²) in [6.45, 7) is 6.35. The molecule has 3 heteroatoms. The highest BCUT2D eigenvalue weighted by Gasteiger charge is 2.53. The van der Waals surface area contributed by atoms with Crippen LogP contribution in [0.25, 0.3) is 0 Å². The largest absolute Gasteiger partial charge is 0.340 e. The SMILES string of the molecule is CC1=C(C)C23OCC(CCC2=C(C)C1=O)O3. The Bertz CT molecular complexity index is 444. The van der Waals surface area contributed by atoms with Gasteiger partial charge in [0, 0.05) is 16.7 Å². The zero-order valence-corrected chi connectivity index (χ0v) is 9.92. The second-order valence-electron chi connectivity index (χ2n) is 4.89. The maximum Gasteiger partial charge on any atom is 0.215 e. The van der Waals surface area contributed by atoms with E-state index in [1.54, 1.807) is 0 Å². The minimum atomic E-state index is -0.689. The average molecular weight is 220 g/mol. The van der Waals surface area contributed by atoms with Crippen LogP contribution in [0.5, 0.6) is 0 Å². The summed E-state index contributed by atoms with van der Waals surface area (Å²) in [5.41, 5.74) is 3.60. The molecule has 2 saturated heterocycles. The van der Waals surface area contributed by atoms with Crippen LogP contribution in [-0.2, 0) is 14.3 Å². The number of ether oxygens (including phenoxy) is 2. The predicted molar refractivity (Wildman–Crippen MR) is 58.9 cm³/mol. The minimum Gasteiger partial charge on any atom is -0.340 e. The molecule has 0 aromatic heterocycles. The first-order valence-electron chi connectivity index (χ1n) is 5.81. The zero-order valence-electron chi connectivity index (χ0n) is 9.92. The highest BCUT2D eigenvalue weighted by atomic mass is 16.7. The van der Waals surface area contributed by atoms with Crippen LogP contribution in [0, 0.1) is 0 Å². The van der Waals surface area contributed by atoms with Crippen molar-refractivity contribution in [3.8, 4) is 0 Å². The molecule has 2 aliphatic heterocycles. The van der Waals surface area contributed by atoms with Gasteiger partial charge in [0.2, 0.25) is 5.79 Å². The van der Waals surface area contributed by atoms with Crippen LogP contribution in [-0.4, -0.2) is 24.3 Å². The smallest absolute Gasteiger partial charge is 0.215 e. The van der Waals surface area contributed by atoms with Gasteiger partial charge in [-0.15, -0.1) is 0 Å². The Morgan fingerprint density at radius 3 is 2.75 bits per heavy atom. The fourth-order valence-corrected chi connectivity index (χ4v) is 2.98. The number of hydrogen-bond acceptors (Lipinski definition) is 3. The fourth-order valence-electron chi connectivity index (χ4n) is 2.98. The summed E-state index contributed by atoms with van der Waals surface area (Å²) >= 11 is 0. The average Bonchev–Trinajstić information content (AvgIpc) is 2.63. The molecule has 0 aromatic carbocycles. The van der Waals surface area contributed by atoms with E-state index < -0.39 is 5.79 Å². The van der Waals surface area contributed by atoms with Gasteiger partial charge in [0.1, 0.15) is 0 Å². The van der Waals surface area contributed by atoms with E-state index >= 15 is 0 Å². The van der Waals surface area contributed by atoms with Crippen LogP contribution in [0.15, 0.2) is 22.3 Å². The molecule has 0 saturated carbocycles. The molecule has 3 nitrogen and oxygen atoms in total. The van der Waals surface area contributed by atoms with Crippen molar-refractivity contribution in [2.75, 3.05) is 6.61 Å². The van der Waals surface area contributed by atoms with Crippen molar-refractivity contribution in [3.05, 3.63) is 22.3 Å². The third kappa shape index (κ3) is 1.03. The summed E-state index contributed by atoms with van der Waals surface area (Å²) in [6.07, 6.45) is 2.09. The number of hydrogen-bond donors (Lipinski definition) is 0. The van der Waals surface area contributed by atoms with Gasteiger partial charge in [0.15, 0.2) is 5.78 Å². The first-order chi connectivity index (χ1) is 7.56. The predicted octanol–water partition coefficient (Wildman–Crippen LogP) is 2.13. The van der Waals surface area contributed by atoms with Crippen molar-refractivity contribution in [2.45, 2.75) is 45.5 Å². The van der Waals surface area contributed by atoms with Crippen LogP contribution >= 0.6 is 0 Å². The van der Waals surface area contributed by atoms with E-state index in [1.165, 1.54) is 0 Å². The molecule has 3 aliphatic rings. The molecule has 86 valence electrons. The lowest BCUT2D eigenvalue weighted by molar-refractivity contribution is -0.130. The molecular weight excluding hydrogens is 204 g/mol. The number of carbonyl (C=O) groups excluding carboxylic acids is 1. The summed E-state index contributed by atoms with van der Waals surface area (Å²) in [7, 11) is 0. The normalized spacial score (nSPS) is 38.2. The van der Waals surface area contributed by atoms with E-state index in [0.29, 0.717) is 6.61 Å². The molecule has 0 aromatic rings. The van der Waals surface area contributed by atoms with Crippen molar-refractivity contribution in [3.63, 3.8) is 0 Å². The number of fused-ring (bicyclic) bond motifs is 1. The van der Waals surface area contributed by atoms with Gasteiger partial charge < -0.3 is 9.47 Å². The molecule has 0 radical (unpaired) electrons. The summed E-state index contributed by atoms with van der Waals surface area (Å²) in [6, 6.07) is 0. The van der Waals surface area contributed by atoms with Gasteiger partial charge >= 0.3 is 0 Å². The van der Waals surface area contributed by atoms with Crippen molar-refractivity contribution < 1.29 is 14.3 Å². The zero-order chi connectivity index (χ0) is 11.5. The van der Waals surface area contributed by atoms with Crippen molar-refractivity contribution in [1.29, 1.82) is 0 Å². The lowest BCUT2D eigenvalue weighted by Crippen LogP contribution is -2.42. The summed E-state index contributed by atoms with van der Waals surface area (Å²) in [5, 5.41) is 0. The standard InChI is InChI=1S/C13H16O3/c1-7-9(3)13-11(8(2)12(7)14)5-4-10(16-13)6-15-13/h10H,4-6H2,1-3H3. The lowest BCUT2D eigenvalue weighted by atomic mass is 9.79. The van der Waals surface area contributed by atoms with Gasteiger partial charge in [-0.05, 0) is 39.2 Å². The molecule has 1 spiro atoms. The van der Waals surface area contributed by atoms with Gasteiger partial charge in [0.25, 0.3) is 0 Å². The van der Waals surface area contributed by atoms with Crippen LogP contribution < -0.4 is 0 Å². The summed E-state index contributed by atoms with van der Waals surface area (Å²) < 4.78 is 11.9. The van der Waals surface area contributed by atoms with Crippen LogP contribution in [0.2, 0.25) is 0 Å². The van der Waals surface area contributed by atoms with Gasteiger partial charge in [-0.3, -0.25) is 4.79 Å². The van der Waals surface area contributed by atoms with Crippen molar-refractivity contribution >= 4 is 5.78 Å². The van der Waals surface area contributed by atoms with Gasteiger partial charge in [0.05, 0.1) is 12.7 Å². The van der Waals surface area contributed by atoms with Crippen molar-refractivity contribution in [2.24, 2.45) is 0 Å². The lowest BCUT2D eigenvalue weighted by Gasteiger charge is -2.39. The quantitative estimate of drug-likeness (QED) is 0.627. The molecular formula is C13H16O3. The Morgan fingerprint density at radius 1 is 1.25 bits per heavy atom. The van der Waals surface area contributed by atoms with E-state index in [4.69, 9.17) is 9.47 Å². The van der Waals surface area contributed by atoms with Gasteiger partial charge in [-0.25, -0.2) is 0 Å². The molecule has 2 heterocycles. The molecule has 1 aliphatic carbocycles. The van der Waals surface area contributed by atoms with Crippen LogP contribution in [0.3, 0.4) is 0 Å². The molecule has 16 heavy (non-hydrogen) atoms. The van der Waals surface area contributed by atoms with Crippen LogP contribution in [0.1, 0.15) is 33.6 Å². The highest BCUT2D eigenvalue weighted by molar-refractivity contribution is 6.10. The number of allylic oxidation sites excluding steroid dienone is 2. The Kier molecular flexibility index (Phi) is 1.95. The van der Waals surface area contributed by atoms with Crippen LogP contribution in [0.4, 0.5) is 0 Å². The molecule has 3 rings (SSSR count). The number of rotatable bonds is 0. The van der Waals surface area contributed by atoms with Gasteiger partial charge in [-0.2, -0.15) is 0 Å². The molecule has 2 unspecified atom stereocenters. The third-order valence-electron chi connectivity index (χ3n) is 4.11. The second kappa shape index (κ2) is 3.05. The Labute approximate surface area is 95.1 Å². The van der Waals surface area contributed by atoms with E-state index in [2.05, 4.69) is 0 Å². The number of carbonyl (C=O) groups is 1. The molecule has 0 N–H and O–H groups in total. The third-order valence-corrected chi connectivity index (χ3v) is 4.11. The van der Waals surface area contributed by atoms with E-state index in [0.717, 1.165) is 35.1 Å². The maximum absolute atomic E-state index is 12.0. The maximum atomic E-state index is 12.0.